The van der Waals surface area contributed by atoms with Crippen molar-refractivity contribution in [2.24, 2.45) is 0 Å². The Bertz CT molecular complexity index is 199. The first kappa shape index (κ1) is 5.18. The summed E-state index contributed by atoms with van der Waals surface area (Å²) in [5, 5.41) is 0. The molecule has 0 atom stereocenters. The number of fused-ring (bicyclic) bond motifs is 1. The fourth-order valence-corrected chi connectivity index (χ4v) is 1.38. The number of hydrogen-bond acceptors (Lipinski definition) is 2. The highest BCUT2D eigenvalue weighted by Crippen LogP contribution is 2.34. The van der Waals surface area contributed by atoms with Crippen LogP contribution in [-0.4, -0.2) is 0 Å². The summed E-state index contributed by atoms with van der Waals surface area (Å²) in [4.78, 5) is 0. The molecule has 1 heterocycles. The monoisotopic (exact) mass is 137 g/mol. The van der Waals surface area contributed by atoms with Crippen LogP contribution in [0.15, 0.2) is 24.3 Å². The molecule has 0 amide bonds. The minimum absolute atomic E-state index is 0.975. The molecular weight excluding hydrogens is 132 g/mol. The van der Waals surface area contributed by atoms with E-state index in [2.05, 4.69) is 0 Å². The van der Waals surface area contributed by atoms with Gasteiger partial charge in [-0.1, -0.05) is 18.2 Å². The predicted octanol–water partition coefficient (Wildman–Crippen LogP) is 2.24. The van der Waals surface area contributed by atoms with Crippen LogP contribution in [0.2, 0.25) is 0 Å². The lowest BCUT2D eigenvalue weighted by Gasteiger charge is -1.91. The van der Waals surface area contributed by atoms with Crippen molar-refractivity contribution in [3.8, 4) is 5.75 Å². The molecule has 1 aliphatic heterocycles. The quantitative estimate of drug-likeness (QED) is 0.507. The van der Waals surface area contributed by atoms with Gasteiger partial charge in [0.05, 0.1) is 17.8 Å². The van der Waals surface area contributed by atoms with Crippen molar-refractivity contribution in [1.82, 2.24) is 0 Å². The molecule has 1 radical (unpaired) electrons. The Morgan fingerprint density at radius 1 is 1.22 bits per heavy atom. The summed E-state index contributed by atoms with van der Waals surface area (Å²) in [7, 11) is 0. The highest BCUT2D eigenvalue weighted by atomic mass is 32.2. The minimum atomic E-state index is 0.975. The second kappa shape index (κ2) is 1.95. The molecule has 0 fully saturated rings. The van der Waals surface area contributed by atoms with Gasteiger partial charge in [-0.25, -0.2) is 0 Å². The van der Waals surface area contributed by atoms with E-state index in [1.54, 1.807) is 0 Å². The van der Waals surface area contributed by atoms with Crippen LogP contribution in [-0.2, 0) is 0 Å². The Morgan fingerprint density at radius 3 is 3.00 bits per heavy atom. The van der Waals surface area contributed by atoms with Crippen molar-refractivity contribution in [1.29, 1.82) is 0 Å². The highest BCUT2D eigenvalue weighted by Gasteiger charge is 2.10. The second-order valence-corrected chi connectivity index (χ2v) is 2.43. The number of benzene rings is 1. The van der Waals surface area contributed by atoms with Gasteiger partial charge in [0.2, 0.25) is 0 Å². The average molecular weight is 137 g/mol. The van der Waals surface area contributed by atoms with Crippen molar-refractivity contribution >= 4 is 12.0 Å². The fourth-order valence-electron chi connectivity index (χ4n) is 0.782. The first-order valence-electron chi connectivity index (χ1n) is 2.72. The summed E-state index contributed by atoms with van der Waals surface area (Å²) in [5.74, 6) is 2.97. The molecular formula is C7H5OS. The van der Waals surface area contributed by atoms with Gasteiger partial charge in [0.15, 0.2) is 0 Å². The smallest absolute Gasteiger partial charge is 0.141 e. The molecule has 9 heavy (non-hydrogen) atoms. The van der Waals surface area contributed by atoms with Crippen molar-refractivity contribution in [3.63, 3.8) is 0 Å². The van der Waals surface area contributed by atoms with E-state index in [1.165, 1.54) is 17.6 Å². The molecule has 0 spiro atoms. The first-order valence-corrected chi connectivity index (χ1v) is 3.53. The first-order chi connectivity index (χ1) is 4.47. The van der Waals surface area contributed by atoms with Gasteiger partial charge in [-0.2, -0.15) is 0 Å². The average Bonchev–Trinajstić information content (AvgIpc) is 2.33. The molecule has 0 aromatic heterocycles. The lowest BCUT2D eigenvalue weighted by atomic mass is 10.2. The van der Waals surface area contributed by atoms with E-state index in [1.807, 2.05) is 30.0 Å². The van der Waals surface area contributed by atoms with Crippen molar-refractivity contribution in [3.05, 3.63) is 35.6 Å². The topological polar surface area (TPSA) is 9.23 Å². The van der Waals surface area contributed by atoms with Crippen molar-refractivity contribution in [2.75, 3.05) is 0 Å². The van der Waals surface area contributed by atoms with Gasteiger partial charge in [0, 0.05) is 5.56 Å². The summed E-state index contributed by atoms with van der Waals surface area (Å²) < 4.78 is 5.16. The van der Waals surface area contributed by atoms with Gasteiger partial charge in [-0.15, -0.1) is 0 Å². The van der Waals surface area contributed by atoms with Crippen LogP contribution < -0.4 is 4.18 Å². The summed E-state index contributed by atoms with van der Waals surface area (Å²) >= 11 is 1.38. The van der Waals surface area contributed by atoms with Crippen LogP contribution in [0.5, 0.6) is 5.75 Å². The molecule has 1 nitrogen and oxygen atoms in total. The van der Waals surface area contributed by atoms with Gasteiger partial charge in [0.25, 0.3) is 0 Å². The van der Waals surface area contributed by atoms with Crippen LogP contribution in [0.25, 0.3) is 0 Å². The Balaban J connectivity index is 2.54. The van der Waals surface area contributed by atoms with Crippen LogP contribution in [0, 0.1) is 5.75 Å². The molecule has 45 valence electrons. The van der Waals surface area contributed by atoms with Crippen LogP contribution >= 0.6 is 12.0 Å². The Morgan fingerprint density at radius 2 is 2.11 bits per heavy atom. The Labute approximate surface area is 58.2 Å². The van der Waals surface area contributed by atoms with Gasteiger partial charge in [-0.3, -0.25) is 0 Å². The highest BCUT2D eigenvalue weighted by molar-refractivity contribution is 7.97. The van der Waals surface area contributed by atoms with Gasteiger partial charge >= 0.3 is 0 Å². The van der Waals surface area contributed by atoms with E-state index in [0.29, 0.717) is 0 Å². The molecule has 1 aromatic rings. The molecule has 0 bridgehead atoms. The molecule has 2 heteroatoms. The molecule has 2 rings (SSSR count). The molecule has 0 saturated heterocycles. The number of para-hydroxylation sites is 1. The number of hydrogen-bond donors (Lipinski definition) is 0. The lowest BCUT2D eigenvalue weighted by Crippen LogP contribution is -1.71. The molecule has 0 aliphatic carbocycles. The zero-order valence-electron chi connectivity index (χ0n) is 4.70. The molecule has 0 saturated carbocycles. The van der Waals surface area contributed by atoms with Gasteiger partial charge < -0.3 is 4.18 Å². The summed E-state index contributed by atoms with van der Waals surface area (Å²) in [6.07, 6.45) is 0. The normalized spacial score (nSPS) is 14.7. The predicted molar refractivity (Wildman–Crippen MR) is 38.1 cm³/mol. The second-order valence-electron chi connectivity index (χ2n) is 1.84. The van der Waals surface area contributed by atoms with Crippen LogP contribution in [0.1, 0.15) is 5.56 Å². The minimum Gasteiger partial charge on any atom is -0.425 e. The molecule has 1 aromatic carbocycles. The zero-order valence-corrected chi connectivity index (χ0v) is 5.52. The Kier molecular flexibility index (Phi) is 1.12. The third-order valence-electron chi connectivity index (χ3n) is 1.23. The standard InChI is InChI=1S/C7H5OS/c1-2-4-7-6(3-1)5-9-8-7/h1-5H. The van der Waals surface area contributed by atoms with Crippen molar-refractivity contribution in [2.45, 2.75) is 0 Å². The van der Waals surface area contributed by atoms with Crippen LogP contribution in [0.4, 0.5) is 0 Å². The lowest BCUT2D eigenvalue weighted by molar-refractivity contribution is 0.661. The van der Waals surface area contributed by atoms with E-state index >= 15 is 0 Å². The maximum Gasteiger partial charge on any atom is 0.141 e. The van der Waals surface area contributed by atoms with E-state index in [4.69, 9.17) is 4.18 Å². The number of rotatable bonds is 0. The third kappa shape index (κ3) is 0.793. The summed E-state index contributed by atoms with van der Waals surface area (Å²) in [6, 6.07) is 7.98. The zero-order chi connectivity index (χ0) is 6.10. The van der Waals surface area contributed by atoms with E-state index < -0.39 is 0 Å². The maximum absolute atomic E-state index is 5.16. The maximum atomic E-state index is 5.16. The SMILES string of the molecule is [CH]1SOc2ccccc21. The molecule has 0 N–H and O–H groups in total. The van der Waals surface area contributed by atoms with Gasteiger partial charge in [-0.05, 0) is 6.07 Å². The van der Waals surface area contributed by atoms with E-state index in [0.717, 1.165) is 5.75 Å². The molecule has 1 aliphatic rings. The van der Waals surface area contributed by atoms with Gasteiger partial charge in [0.1, 0.15) is 5.75 Å². The summed E-state index contributed by atoms with van der Waals surface area (Å²) in [5.41, 5.74) is 1.18. The fraction of sp³-hybridized carbons (Fsp3) is 0. The van der Waals surface area contributed by atoms with E-state index in [-0.39, 0.29) is 0 Å². The van der Waals surface area contributed by atoms with Crippen LogP contribution in [0.3, 0.4) is 0 Å². The Hall–Kier alpha value is -0.630. The largest absolute Gasteiger partial charge is 0.425 e. The van der Waals surface area contributed by atoms with Crippen molar-refractivity contribution < 1.29 is 4.18 Å². The summed E-state index contributed by atoms with van der Waals surface area (Å²) in [6.45, 7) is 0. The third-order valence-corrected chi connectivity index (χ3v) is 1.86. The van der Waals surface area contributed by atoms with E-state index in [9.17, 15) is 0 Å². The molecule has 0 unspecified atom stereocenters.